The number of hydrogen-bond donors (Lipinski definition) is 4. The van der Waals surface area contributed by atoms with Gasteiger partial charge in [-0.1, -0.05) is 23.7 Å². The Bertz CT molecular complexity index is 811. The predicted molar refractivity (Wildman–Crippen MR) is 104 cm³/mol. The zero-order valence-corrected chi connectivity index (χ0v) is 15.5. The van der Waals surface area contributed by atoms with Gasteiger partial charge in [-0.05, 0) is 24.1 Å². The average molecular weight is 400 g/mol. The number of amides is 1. The Balaban J connectivity index is 0.00000338. The van der Waals surface area contributed by atoms with Crippen LogP contribution in [-0.2, 0) is 6.42 Å². The molecule has 26 heavy (non-hydrogen) atoms. The molecule has 0 saturated heterocycles. The Kier molecular flexibility index (Phi) is 7.88. The molecule has 1 aromatic carbocycles. The summed E-state index contributed by atoms with van der Waals surface area (Å²) in [7, 11) is 1.61. The van der Waals surface area contributed by atoms with Crippen LogP contribution in [0.3, 0.4) is 0 Å². The number of aliphatic imine (C=N–C) groups is 1. The summed E-state index contributed by atoms with van der Waals surface area (Å²) < 4.78 is 5.18. The Morgan fingerprint density at radius 1 is 1.35 bits per heavy atom. The number of aromatic nitrogens is 2. The fraction of sp³-hybridized carbons (Fsp3) is 0.200. The van der Waals surface area contributed by atoms with Gasteiger partial charge in [-0.3, -0.25) is 4.79 Å². The van der Waals surface area contributed by atoms with Gasteiger partial charge in [0.2, 0.25) is 0 Å². The van der Waals surface area contributed by atoms with E-state index in [-0.39, 0.29) is 34.9 Å². The molecule has 0 radical (unpaired) electrons. The van der Waals surface area contributed by atoms with Crippen molar-refractivity contribution in [1.29, 1.82) is 0 Å². The van der Waals surface area contributed by atoms with E-state index in [4.69, 9.17) is 33.5 Å². The largest absolute Gasteiger partial charge is 0.497 e. The number of hydrogen-bond acceptors (Lipinski definition) is 6. The van der Waals surface area contributed by atoms with Crippen molar-refractivity contribution in [2.24, 2.45) is 16.5 Å². The van der Waals surface area contributed by atoms with Crippen LogP contribution in [0.2, 0.25) is 5.15 Å². The van der Waals surface area contributed by atoms with Gasteiger partial charge in [0.05, 0.1) is 7.11 Å². The third-order valence-corrected chi connectivity index (χ3v) is 3.42. The van der Waals surface area contributed by atoms with E-state index in [1.54, 1.807) is 7.11 Å². The molecule has 0 aliphatic carbocycles. The van der Waals surface area contributed by atoms with Gasteiger partial charge in [0, 0.05) is 6.54 Å². The van der Waals surface area contributed by atoms with Gasteiger partial charge in [-0.2, -0.15) is 4.99 Å². The van der Waals surface area contributed by atoms with Crippen molar-refractivity contribution in [3.05, 3.63) is 40.7 Å². The molecule has 2 rings (SSSR count). The number of nitrogens with one attached hydrogen (secondary N) is 1. The second-order valence-electron chi connectivity index (χ2n) is 4.97. The lowest BCUT2D eigenvalue weighted by molar-refractivity contribution is 0.0998. The van der Waals surface area contributed by atoms with E-state index in [1.165, 1.54) is 0 Å². The van der Waals surface area contributed by atoms with Crippen molar-refractivity contribution in [2.45, 2.75) is 6.42 Å². The monoisotopic (exact) mass is 399 g/mol. The number of nitrogen functional groups attached to an aromatic ring is 1. The molecule has 1 aromatic heterocycles. The predicted octanol–water partition coefficient (Wildman–Crippen LogP) is 1.21. The van der Waals surface area contributed by atoms with Gasteiger partial charge in [-0.25, -0.2) is 9.97 Å². The highest BCUT2D eigenvalue weighted by Crippen LogP contribution is 2.21. The lowest BCUT2D eigenvalue weighted by atomic mass is 10.1. The van der Waals surface area contributed by atoms with Crippen LogP contribution in [-0.4, -0.2) is 35.5 Å². The molecule has 0 aliphatic rings. The number of benzene rings is 1. The highest BCUT2D eigenvalue weighted by molar-refractivity contribution is 6.32. The average Bonchev–Trinajstić information content (AvgIpc) is 2.57. The van der Waals surface area contributed by atoms with Crippen LogP contribution in [0.5, 0.6) is 5.75 Å². The summed E-state index contributed by atoms with van der Waals surface area (Å²) in [5.41, 5.74) is 16.9. The molecular weight excluding hydrogens is 381 g/mol. The second kappa shape index (κ2) is 9.64. The molecule has 140 valence electrons. The molecule has 0 fully saturated rings. The summed E-state index contributed by atoms with van der Waals surface area (Å²) in [6, 6.07) is 7.68. The summed E-state index contributed by atoms with van der Waals surface area (Å²) in [6.45, 7) is 0.530. The second-order valence-corrected chi connectivity index (χ2v) is 5.33. The first-order valence-electron chi connectivity index (χ1n) is 7.24. The minimum absolute atomic E-state index is 0. The molecule has 7 N–H and O–H groups in total. The normalized spacial score (nSPS) is 9.77. The molecule has 0 saturated carbocycles. The SMILES string of the molecule is COc1cccc(CCNc2nc(N)c(C(=O)N=C(N)N)nc2Cl)c1.Cl. The number of nitrogens with two attached hydrogens (primary N) is 3. The van der Waals surface area contributed by atoms with Crippen molar-refractivity contribution in [2.75, 3.05) is 24.7 Å². The van der Waals surface area contributed by atoms with Gasteiger partial charge in [0.15, 0.2) is 28.4 Å². The summed E-state index contributed by atoms with van der Waals surface area (Å²) in [5, 5.41) is 3.02. The number of ether oxygens (including phenoxy) is 1. The zero-order chi connectivity index (χ0) is 18.4. The lowest BCUT2D eigenvalue weighted by Crippen LogP contribution is -2.25. The molecule has 1 amide bonds. The first-order chi connectivity index (χ1) is 11.9. The Morgan fingerprint density at radius 2 is 2.08 bits per heavy atom. The maximum absolute atomic E-state index is 11.8. The number of carbonyl (C=O) groups is 1. The molecule has 2 aromatic rings. The molecular formula is C15H19Cl2N7O2. The first kappa shape index (κ1) is 21.3. The van der Waals surface area contributed by atoms with Crippen molar-refractivity contribution in [3.8, 4) is 5.75 Å². The van der Waals surface area contributed by atoms with Crippen LogP contribution < -0.4 is 27.3 Å². The van der Waals surface area contributed by atoms with Crippen LogP contribution in [0, 0.1) is 0 Å². The minimum Gasteiger partial charge on any atom is -0.497 e. The van der Waals surface area contributed by atoms with Crippen molar-refractivity contribution >= 4 is 47.5 Å². The molecule has 9 nitrogen and oxygen atoms in total. The molecule has 11 heteroatoms. The number of halogens is 2. The van der Waals surface area contributed by atoms with Gasteiger partial charge in [0.25, 0.3) is 0 Å². The fourth-order valence-corrected chi connectivity index (χ4v) is 2.21. The third kappa shape index (κ3) is 5.64. The van der Waals surface area contributed by atoms with Crippen LogP contribution in [0.25, 0.3) is 0 Å². The summed E-state index contributed by atoms with van der Waals surface area (Å²) in [6.07, 6.45) is 0.698. The van der Waals surface area contributed by atoms with E-state index in [1.807, 2.05) is 24.3 Å². The zero-order valence-electron chi connectivity index (χ0n) is 13.9. The fourth-order valence-electron chi connectivity index (χ4n) is 2.02. The quantitative estimate of drug-likeness (QED) is 0.417. The first-order valence-corrected chi connectivity index (χ1v) is 7.62. The number of anilines is 2. The standard InChI is InChI=1S/C15H18ClN7O2.ClH/c1-25-9-4-2-3-8(7-9)5-6-20-13-11(16)21-10(12(17)22-13)14(24)23-15(18)19;/h2-4,7H,5-6H2,1H3,(H3,17,20,22)(H4,18,19,23,24);1H. The maximum atomic E-state index is 11.8. The summed E-state index contributed by atoms with van der Waals surface area (Å²) in [5.74, 6) is -0.286. The Labute approximate surface area is 161 Å². The van der Waals surface area contributed by atoms with Crippen molar-refractivity contribution in [1.82, 2.24) is 9.97 Å². The summed E-state index contributed by atoms with van der Waals surface area (Å²) >= 11 is 6.04. The summed E-state index contributed by atoms with van der Waals surface area (Å²) in [4.78, 5) is 23.1. The smallest absolute Gasteiger partial charge is 0.302 e. The van der Waals surface area contributed by atoms with E-state index >= 15 is 0 Å². The highest BCUT2D eigenvalue weighted by Gasteiger charge is 2.16. The lowest BCUT2D eigenvalue weighted by Gasteiger charge is -2.10. The number of methoxy groups -OCH3 is 1. The van der Waals surface area contributed by atoms with Crippen molar-refractivity contribution < 1.29 is 9.53 Å². The van der Waals surface area contributed by atoms with Crippen LogP contribution in [0.4, 0.5) is 11.6 Å². The van der Waals surface area contributed by atoms with Gasteiger partial charge in [-0.15, -0.1) is 12.4 Å². The third-order valence-electron chi connectivity index (χ3n) is 3.15. The van der Waals surface area contributed by atoms with E-state index < -0.39 is 11.9 Å². The number of guanidine groups is 1. The highest BCUT2D eigenvalue weighted by atomic mass is 35.5. The molecule has 0 bridgehead atoms. The van der Waals surface area contributed by atoms with E-state index in [0.29, 0.717) is 13.0 Å². The van der Waals surface area contributed by atoms with Crippen LogP contribution >= 0.6 is 24.0 Å². The van der Waals surface area contributed by atoms with Gasteiger partial charge < -0.3 is 27.3 Å². The topological polar surface area (TPSA) is 155 Å². The van der Waals surface area contributed by atoms with E-state index in [2.05, 4.69) is 20.3 Å². The molecule has 0 atom stereocenters. The molecule has 0 spiro atoms. The number of nitrogens with zero attached hydrogens (tertiary/aromatic N) is 3. The van der Waals surface area contributed by atoms with Gasteiger partial charge >= 0.3 is 5.91 Å². The molecule has 0 unspecified atom stereocenters. The van der Waals surface area contributed by atoms with Crippen LogP contribution in [0.15, 0.2) is 29.3 Å². The van der Waals surface area contributed by atoms with E-state index in [0.717, 1.165) is 11.3 Å². The van der Waals surface area contributed by atoms with E-state index in [9.17, 15) is 4.79 Å². The maximum Gasteiger partial charge on any atom is 0.302 e. The molecule has 1 heterocycles. The number of rotatable bonds is 6. The van der Waals surface area contributed by atoms with Gasteiger partial charge in [0.1, 0.15) is 5.75 Å². The number of carbonyl (C=O) groups excluding carboxylic acids is 1. The molecule has 0 aliphatic heterocycles. The Morgan fingerprint density at radius 3 is 2.73 bits per heavy atom. The van der Waals surface area contributed by atoms with Crippen molar-refractivity contribution in [3.63, 3.8) is 0 Å². The Hall–Kier alpha value is -2.78. The minimum atomic E-state index is -0.810. The van der Waals surface area contributed by atoms with Crippen LogP contribution in [0.1, 0.15) is 16.1 Å².